The standard InChI is InChI=1S/C27H35F2N5O2S/c1-27(28,29)17-36-26-31-22-10-13-34(14-11-24(22)37-26)12-9-18-3-7-21(8-4-18)30-25(35)19-5-6-20-16-33(2)32-23(20)15-19/h5-6,15-16,18,21H,3-4,7-14,17H2,1-2H3,(H,30,35). The lowest BCUT2D eigenvalue weighted by molar-refractivity contribution is -0.0230. The van der Waals surface area contributed by atoms with Crippen LogP contribution in [-0.4, -0.2) is 63.8 Å². The van der Waals surface area contributed by atoms with Crippen LogP contribution in [-0.2, 0) is 19.9 Å². The molecule has 1 aliphatic heterocycles. The molecule has 37 heavy (non-hydrogen) atoms. The summed E-state index contributed by atoms with van der Waals surface area (Å²) in [6.45, 7) is 3.19. The van der Waals surface area contributed by atoms with Gasteiger partial charge in [0.15, 0.2) is 6.61 Å². The van der Waals surface area contributed by atoms with Crippen molar-refractivity contribution in [2.75, 3.05) is 26.2 Å². The Bertz CT molecular complexity index is 1200. The lowest BCUT2D eigenvalue weighted by atomic mass is 9.84. The van der Waals surface area contributed by atoms with Crippen molar-refractivity contribution in [2.45, 2.75) is 63.8 Å². The van der Waals surface area contributed by atoms with Crippen LogP contribution in [0.5, 0.6) is 5.19 Å². The summed E-state index contributed by atoms with van der Waals surface area (Å²) in [5.41, 5.74) is 2.51. The number of rotatable bonds is 8. The number of carbonyl (C=O) groups is 1. The van der Waals surface area contributed by atoms with E-state index in [0.29, 0.717) is 16.7 Å². The number of thiazole rings is 1. The number of alkyl halides is 2. The molecule has 3 heterocycles. The number of carbonyl (C=O) groups excluding carboxylic acids is 1. The van der Waals surface area contributed by atoms with Gasteiger partial charge in [0.2, 0.25) is 0 Å². The third-order valence-electron chi connectivity index (χ3n) is 7.45. The molecule has 1 fully saturated rings. The highest BCUT2D eigenvalue weighted by molar-refractivity contribution is 7.13. The average Bonchev–Trinajstić information content (AvgIpc) is 3.38. The van der Waals surface area contributed by atoms with Crippen molar-refractivity contribution in [1.82, 2.24) is 25.0 Å². The average molecular weight is 532 g/mol. The van der Waals surface area contributed by atoms with Gasteiger partial charge in [-0.25, -0.2) is 13.8 Å². The predicted octanol–water partition coefficient (Wildman–Crippen LogP) is 4.84. The summed E-state index contributed by atoms with van der Waals surface area (Å²) in [5, 5.41) is 9.03. The molecule has 10 heteroatoms. The molecule has 1 saturated carbocycles. The summed E-state index contributed by atoms with van der Waals surface area (Å²) in [7, 11) is 1.88. The minimum atomic E-state index is -2.85. The van der Waals surface area contributed by atoms with Crippen molar-refractivity contribution < 1.29 is 18.3 Å². The minimum absolute atomic E-state index is 0.0152. The van der Waals surface area contributed by atoms with Gasteiger partial charge in [-0.15, -0.1) is 0 Å². The van der Waals surface area contributed by atoms with Gasteiger partial charge in [-0.1, -0.05) is 17.4 Å². The van der Waals surface area contributed by atoms with Crippen molar-refractivity contribution in [3.63, 3.8) is 0 Å². The number of aryl methyl sites for hydroxylation is 1. The number of fused-ring (bicyclic) bond motifs is 2. The van der Waals surface area contributed by atoms with Crippen molar-refractivity contribution in [3.8, 4) is 5.19 Å². The lowest BCUT2D eigenvalue weighted by Crippen LogP contribution is -2.38. The maximum Gasteiger partial charge on any atom is 0.278 e. The van der Waals surface area contributed by atoms with Crippen LogP contribution in [0.15, 0.2) is 24.4 Å². The van der Waals surface area contributed by atoms with E-state index in [0.717, 1.165) is 93.0 Å². The molecule has 1 amide bonds. The fourth-order valence-corrected chi connectivity index (χ4v) is 6.31. The lowest BCUT2D eigenvalue weighted by Gasteiger charge is -2.30. The smallest absolute Gasteiger partial charge is 0.278 e. The Morgan fingerprint density at radius 1 is 1.22 bits per heavy atom. The molecular weight excluding hydrogens is 496 g/mol. The summed E-state index contributed by atoms with van der Waals surface area (Å²) >= 11 is 1.41. The molecule has 0 bridgehead atoms. The van der Waals surface area contributed by atoms with Crippen molar-refractivity contribution in [2.24, 2.45) is 13.0 Å². The Morgan fingerprint density at radius 2 is 2.00 bits per heavy atom. The van der Waals surface area contributed by atoms with Gasteiger partial charge in [0.25, 0.3) is 17.0 Å². The van der Waals surface area contributed by atoms with Crippen LogP contribution in [0, 0.1) is 5.92 Å². The molecule has 1 aliphatic carbocycles. The molecule has 1 aromatic carbocycles. The van der Waals surface area contributed by atoms with Gasteiger partial charge in [-0.05, 0) is 63.1 Å². The first-order chi connectivity index (χ1) is 17.7. The van der Waals surface area contributed by atoms with E-state index in [1.807, 2.05) is 31.4 Å². The Balaban J connectivity index is 1.03. The van der Waals surface area contributed by atoms with Gasteiger partial charge in [-0.3, -0.25) is 9.48 Å². The largest absolute Gasteiger partial charge is 0.464 e. The molecular formula is C27H35F2N5O2S. The number of ether oxygens (including phenoxy) is 1. The van der Waals surface area contributed by atoms with Crippen LogP contribution in [0.1, 0.15) is 60.0 Å². The van der Waals surface area contributed by atoms with E-state index < -0.39 is 12.5 Å². The van der Waals surface area contributed by atoms with Crippen molar-refractivity contribution in [3.05, 3.63) is 40.5 Å². The van der Waals surface area contributed by atoms with Crippen molar-refractivity contribution in [1.29, 1.82) is 0 Å². The van der Waals surface area contributed by atoms with Crippen molar-refractivity contribution >= 4 is 28.1 Å². The molecule has 200 valence electrons. The Hall–Kier alpha value is -2.59. The van der Waals surface area contributed by atoms with Gasteiger partial charge in [-0.2, -0.15) is 5.10 Å². The number of aromatic nitrogens is 3. The number of hydrogen-bond acceptors (Lipinski definition) is 6. The van der Waals surface area contributed by atoms with Crippen LogP contribution < -0.4 is 10.1 Å². The topological polar surface area (TPSA) is 72.3 Å². The first-order valence-electron chi connectivity index (χ1n) is 13.2. The maximum atomic E-state index is 13.1. The molecule has 0 radical (unpaired) electrons. The number of nitrogens with one attached hydrogen (secondary N) is 1. The second-order valence-electron chi connectivity index (χ2n) is 10.6. The zero-order valence-corrected chi connectivity index (χ0v) is 22.3. The second-order valence-corrected chi connectivity index (χ2v) is 11.7. The SMILES string of the molecule is Cn1cc2ccc(C(=O)NC3CCC(CCN4CCc5nc(OCC(C)(F)F)sc5CC4)CC3)cc2n1. The third kappa shape index (κ3) is 6.84. The van der Waals surface area contributed by atoms with E-state index in [-0.39, 0.29) is 11.9 Å². The monoisotopic (exact) mass is 531 g/mol. The van der Waals surface area contributed by atoms with E-state index in [2.05, 4.69) is 20.3 Å². The third-order valence-corrected chi connectivity index (χ3v) is 8.52. The summed E-state index contributed by atoms with van der Waals surface area (Å²) in [5.74, 6) is -2.18. The number of nitrogens with zero attached hydrogens (tertiary/aromatic N) is 4. The highest BCUT2D eigenvalue weighted by Gasteiger charge is 2.26. The van der Waals surface area contributed by atoms with Crippen LogP contribution in [0.4, 0.5) is 8.78 Å². The quantitative estimate of drug-likeness (QED) is 0.450. The van der Waals surface area contributed by atoms with E-state index >= 15 is 0 Å². The van der Waals surface area contributed by atoms with E-state index in [4.69, 9.17) is 4.74 Å². The number of amides is 1. The summed E-state index contributed by atoms with van der Waals surface area (Å²) < 4.78 is 33.1. The molecule has 1 N–H and O–H groups in total. The second kappa shape index (κ2) is 11.0. The molecule has 0 atom stereocenters. The van der Waals surface area contributed by atoms with Gasteiger partial charge in [0.05, 0.1) is 11.2 Å². The molecule has 0 spiro atoms. The number of halogens is 2. The molecule has 2 aliphatic rings. The van der Waals surface area contributed by atoms with Gasteiger partial charge in [0.1, 0.15) is 0 Å². The predicted molar refractivity (Wildman–Crippen MR) is 141 cm³/mol. The Labute approximate surface area is 220 Å². The molecule has 3 aromatic rings. The zero-order chi connectivity index (χ0) is 26.0. The summed E-state index contributed by atoms with van der Waals surface area (Å²) in [4.78, 5) is 20.9. The van der Waals surface area contributed by atoms with Gasteiger partial charge < -0.3 is 15.0 Å². The number of benzene rings is 1. The van der Waals surface area contributed by atoms with E-state index in [9.17, 15) is 13.6 Å². The molecule has 7 nitrogen and oxygen atoms in total. The summed E-state index contributed by atoms with van der Waals surface area (Å²) in [6, 6.07) is 5.92. The minimum Gasteiger partial charge on any atom is -0.464 e. The highest BCUT2D eigenvalue weighted by atomic mass is 32.1. The first-order valence-corrected chi connectivity index (χ1v) is 14.0. The van der Waals surface area contributed by atoms with Crippen LogP contribution >= 0.6 is 11.3 Å². The fourth-order valence-electron chi connectivity index (χ4n) is 5.37. The fraction of sp³-hybridized carbons (Fsp3) is 0.593. The van der Waals surface area contributed by atoms with Gasteiger partial charge >= 0.3 is 0 Å². The van der Waals surface area contributed by atoms with Crippen LogP contribution in [0.25, 0.3) is 10.9 Å². The molecule has 5 rings (SSSR count). The first kappa shape index (κ1) is 26.0. The maximum absolute atomic E-state index is 13.1. The van der Waals surface area contributed by atoms with E-state index in [1.165, 1.54) is 11.3 Å². The summed E-state index contributed by atoms with van der Waals surface area (Å²) in [6.07, 6.45) is 9.14. The van der Waals surface area contributed by atoms with Crippen LogP contribution in [0.2, 0.25) is 0 Å². The van der Waals surface area contributed by atoms with Gasteiger partial charge in [0, 0.05) is 61.5 Å². The Kier molecular flexibility index (Phi) is 7.76. The molecule has 0 saturated heterocycles. The Morgan fingerprint density at radius 3 is 2.78 bits per heavy atom. The van der Waals surface area contributed by atoms with E-state index in [1.54, 1.807) is 4.68 Å². The molecule has 0 unspecified atom stereocenters. The van der Waals surface area contributed by atoms with Crippen LogP contribution in [0.3, 0.4) is 0 Å². The highest BCUT2D eigenvalue weighted by Crippen LogP contribution is 2.31. The normalized spacial score (nSPS) is 21.0. The number of hydrogen-bond donors (Lipinski definition) is 1. The zero-order valence-electron chi connectivity index (χ0n) is 21.5. The molecule has 2 aromatic heterocycles.